The fourth-order valence-corrected chi connectivity index (χ4v) is 3.76. The van der Waals surface area contributed by atoms with E-state index in [-0.39, 0.29) is 13.2 Å². The molecule has 4 nitrogen and oxygen atoms in total. The molecule has 2 aromatic carbocycles. The summed E-state index contributed by atoms with van der Waals surface area (Å²) in [7, 11) is 0. The van der Waals surface area contributed by atoms with Crippen molar-refractivity contribution in [1.29, 1.82) is 5.26 Å². The molecular weight excluding hydrogens is 405 g/mol. The second-order valence-electron chi connectivity index (χ2n) is 7.23. The van der Waals surface area contributed by atoms with Crippen LogP contribution in [0.4, 0.5) is 18.9 Å². The van der Waals surface area contributed by atoms with E-state index < -0.39 is 18.5 Å². The molecule has 1 unspecified atom stereocenters. The Balaban J connectivity index is 1.47. The minimum Gasteiger partial charge on any atom is -0.491 e. The maximum Gasteiger partial charge on any atom is 0.433 e. The second-order valence-corrected chi connectivity index (χ2v) is 7.64. The number of benzene rings is 2. The van der Waals surface area contributed by atoms with Crippen LogP contribution >= 0.6 is 11.6 Å². The first-order chi connectivity index (χ1) is 13.8. The third-order valence-electron chi connectivity index (χ3n) is 5.04. The monoisotopic (exact) mass is 422 g/mol. The quantitative estimate of drug-likeness (QED) is 0.659. The Labute approximate surface area is 171 Å². The lowest BCUT2D eigenvalue weighted by molar-refractivity contribution is -0.215. The van der Waals surface area contributed by atoms with Gasteiger partial charge >= 0.3 is 6.18 Å². The van der Waals surface area contributed by atoms with Gasteiger partial charge in [-0.15, -0.1) is 0 Å². The van der Waals surface area contributed by atoms with Gasteiger partial charge in [0.05, 0.1) is 18.2 Å². The predicted molar refractivity (Wildman–Crippen MR) is 102 cm³/mol. The van der Waals surface area contributed by atoms with Crippen LogP contribution in [-0.4, -0.2) is 31.7 Å². The minimum atomic E-state index is -4.55. The Morgan fingerprint density at radius 2 is 1.90 bits per heavy atom. The van der Waals surface area contributed by atoms with E-state index in [0.29, 0.717) is 27.9 Å². The van der Waals surface area contributed by atoms with E-state index in [1.807, 2.05) is 12.1 Å². The smallest absolute Gasteiger partial charge is 0.433 e. The molecule has 1 saturated carbocycles. The third kappa shape index (κ3) is 4.44. The van der Waals surface area contributed by atoms with Crippen molar-refractivity contribution in [3.05, 3.63) is 58.6 Å². The zero-order valence-corrected chi connectivity index (χ0v) is 16.1. The Morgan fingerprint density at radius 1 is 1.17 bits per heavy atom. The second kappa shape index (κ2) is 7.77. The van der Waals surface area contributed by atoms with Gasteiger partial charge in [0.1, 0.15) is 18.5 Å². The third-order valence-corrected chi connectivity index (χ3v) is 5.36. The fraction of sp³-hybridized carbons (Fsp3) is 0.381. The summed E-state index contributed by atoms with van der Waals surface area (Å²) in [6.45, 7) is -0.0115. The topological polar surface area (TPSA) is 45.5 Å². The average molecular weight is 423 g/mol. The van der Waals surface area contributed by atoms with E-state index in [9.17, 15) is 13.2 Å². The van der Waals surface area contributed by atoms with Crippen molar-refractivity contribution in [2.24, 2.45) is 0 Å². The summed E-state index contributed by atoms with van der Waals surface area (Å²) in [4.78, 5) is 1.18. The summed E-state index contributed by atoms with van der Waals surface area (Å²) in [6, 6.07) is 13.4. The molecular formula is C21H18ClF3N2O2. The highest BCUT2D eigenvalue weighted by Gasteiger charge is 2.51. The average Bonchev–Trinajstić information content (AvgIpc) is 3.43. The van der Waals surface area contributed by atoms with Crippen molar-refractivity contribution < 1.29 is 22.6 Å². The number of halogens is 4. The number of nitrogens with zero attached hydrogens (tertiary/aromatic N) is 2. The Bertz CT molecular complexity index is 923. The molecule has 29 heavy (non-hydrogen) atoms. The molecule has 2 fully saturated rings. The highest BCUT2D eigenvalue weighted by molar-refractivity contribution is 6.31. The van der Waals surface area contributed by atoms with Gasteiger partial charge in [0.15, 0.2) is 0 Å². The highest BCUT2D eigenvalue weighted by Crippen LogP contribution is 2.45. The van der Waals surface area contributed by atoms with Crippen LogP contribution in [0.2, 0.25) is 5.02 Å². The SMILES string of the molecule is N#Cc1ccc(OC[C@@H]2CN(c3ccc(C4CC4)c(Cl)c3)C(C(F)(F)F)O2)cc1. The van der Waals surface area contributed by atoms with Crippen LogP contribution in [0.1, 0.15) is 29.9 Å². The standard InChI is InChI=1S/C21H18ClF3N2O2/c22-19-9-15(5-8-18(19)14-3-4-14)27-11-17(29-20(27)21(23,24)25)12-28-16-6-1-13(10-26)2-7-16/h1-2,5-9,14,17,20H,3-4,11-12H2/t17-,20?/m0/s1. The predicted octanol–water partition coefficient (Wildman–Crippen LogP) is 5.26. The normalized spacial score (nSPS) is 21.8. The maximum absolute atomic E-state index is 13.6. The fourth-order valence-electron chi connectivity index (χ4n) is 3.44. The number of nitriles is 1. The van der Waals surface area contributed by atoms with Crippen molar-refractivity contribution in [3.8, 4) is 11.8 Å². The van der Waals surface area contributed by atoms with E-state index in [4.69, 9.17) is 26.3 Å². The molecule has 0 spiro atoms. The molecule has 1 heterocycles. The van der Waals surface area contributed by atoms with Crippen LogP contribution in [0.15, 0.2) is 42.5 Å². The first-order valence-electron chi connectivity index (χ1n) is 9.26. The van der Waals surface area contributed by atoms with Crippen LogP contribution < -0.4 is 9.64 Å². The summed E-state index contributed by atoms with van der Waals surface area (Å²) in [5, 5.41) is 9.30. The molecule has 8 heteroatoms. The molecule has 2 aromatic rings. The maximum atomic E-state index is 13.6. The lowest BCUT2D eigenvalue weighted by Crippen LogP contribution is -2.42. The molecule has 1 aliphatic heterocycles. The van der Waals surface area contributed by atoms with Crippen LogP contribution in [0.5, 0.6) is 5.75 Å². The number of rotatable bonds is 5. The van der Waals surface area contributed by atoms with Gasteiger partial charge in [-0.25, -0.2) is 0 Å². The molecule has 0 N–H and O–H groups in total. The van der Waals surface area contributed by atoms with Gasteiger partial charge < -0.3 is 14.4 Å². The molecule has 0 aromatic heterocycles. The molecule has 1 aliphatic carbocycles. The largest absolute Gasteiger partial charge is 0.491 e. The van der Waals surface area contributed by atoms with E-state index in [2.05, 4.69) is 0 Å². The first-order valence-corrected chi connectivity index (χ1v) is 9.64. The Morgan fingerprint density at radius 3 is 2.48 bits per heavy atom. The van der Waals surface area contributed by atoms with Crippen molar-refractivity contribution in [1.82, 2.24) is 0 Å². The molecule has 2 atom stereocenters. The van der Waals surface area contributed by atoms with E-state index in [0.717, 1.165) is 18.4 Å². The van der Waals surface area contributed by atoms with Gasteiger partial charge in [-0.05, 0) is 60.7 Å². The van der Waals surface area contributed by atoms with Crippen molar-refractivity contribution >= 4 is 17.3 Å². The summed E-state index contributed by atoms with van der Waals surface area (Å²) < 4.78 is 51.5. The number of hydrogen-bond acceptors (Lipinski definition) is 4. The van der Waals surface area contributed by atoms with Crippen LogP contribution in [0.3, 0.4) is 0 Å². The zero-order chi connectivity index (χ0) is 20.6. The molecule has 152 valence electrons. The van der Waals surface area contributed by atoms with E-state index in [1.54, 1.807) is 36.4 Å². The van der Waals surface area contributed by atoms with Crippen molar-refractivity contribution in [3.63, 3.8) is 0 Å². The minimum absolute atomic E-state index is 0.0273. The van der Waals surface area contributed by atoms with Gasteiger partial charge in [-0.2, -0.15) is 18.4 Å². The van der Waals surface area contributed by atoms with Crippen LogP contribution in [0, 0.1) is 11.3 Å². The van der Waals surface area contributed by atoms with Gasteiger partial charge in [0.25, 0.3) is 0 Å². The van der Waals surface area contributed by atoms with Crippen LogP contribution in [0.25, 0.3) is 0 Å². The molecule has 4 rings (SSSR count). The van der Waals surface area contributed by atoms with E-state index in [1.165, 1.54) is 4.90 Å². The Hall–Kier alpha value is -2.43. The van der Waals surface area contributed by atoms with Gasteiger partial charge in [-0.1, -0.05) is 17.7 Å². The zero-order valence-electron chi connectivity index (χ0n) is 15.3. The van der Waals surface area contributed by atoms with Gasteiger partial charge in [0.2, 0.25) is 6.23 Å². The molecule has 0 radical (unpaired) electrons. The summed E-state index contributed by atoms with van der Waals surface area (Å²) >= 11 is 6.31. The summed E-state index contributed by atoms with van der Waals surface area (Å²) in [6.07, 6.45) is -5.25. The lowest BCUT2D eigenvalue weighted by Gasteiger charge is -2.27. The Kier molecular flexibility index (Phi) is 5.32. The summed E-state index contributed by atoms with van der Waals surface area (Å²) in [5.41, 5.74) is 1.84. The van der Waals surface area contributed by atoms with Gasteiger partial charge in [-0.3, -0.25) is 0 Å². The lowest BCUT2D eigenvalue weighted by atomic mass is 10.1. The molecule has 0 bridgehead atoms. The number of hydrogen-bond donors (Lipinski definition) is 0. The van der Waals surface area contributed by atoms with Gasteiger partial charge in [0, 0.05) is 10.7 Å². The molecule has 2 aliphatic rings. The van der Waals surface area contributed by atoms with Crippen molar-refractivity contribution in [2.75, 3.05) is 18.1 Å². The molecule has 0 amide bonds. The number of anilines is 1. The number of ether oxygens (including phenoxy) is 2. The van der Waals surface area contributed by atoms with Crippen LogP contribution in [-0.2, 0) is 4.74 Å². The highest BCUT2D eigenvalue weighted by atomic mass is 35.5. The van der Waals surface area contributed by atoms with Crippen molar-refractivity contribution in [2.45, 2.75) is 37.3 Å². The molecule has 1 saturated heterocycles. The number of alkyl halides is 3. The summed E-state index contributed by atoms with van der Waals surface area (Å²) in [5.74, 6) is 0.879. The van der Waals surface area contributed by atoms with E-state index >= 15 is 0 Å². The first kappa shape index (κ1) is 19.9.